The van der Waals surface area contributed by atoms with Crippen molar-refractivity contribution < 1.29 is 19.9 Å². The minimum Gasteiger partial charge on any atom is -0.507 e. The second-order valence-corrected chi connectivity index (χ2v) is 6.47. The van der Waals surface area contributed by atoms with Crippen molar-refractivity contribution in [1.82, 2.24) is 0 Å². The topological polar surface area (TPSA) is 83.6 Å². The van der Waals surface area contributed by atoms with Crippen LogP contribution in [0.25, 0.3) is 0 Å². The molecule has 0 radical (unpaired) electrons. The van der Waals surface area contributed by atoms with Crippen LogP contribution in [0.2, 0.25) is 0 Å². The Hall–Kier alpha value is -3.02. The molecule has 0 fully saturated rings. The number of oxime groups is 2. The van der Waals surface area contributed by atoms with Crippen LogP contribution in [0.4, 0.5) is 0 Å². The van der Waals surface area contributed by atoms with E-state index in [1.54, 1.807) is 36.4 Å². The molecule has 0 bridgehead atoms. The zero-order valence-electron chi connectivity index (χ0n) is 16.5. The number of hydrogen-bond acceptors (Lipinski definition) is 6. The van der Waals surface area contributed by atoms with Gasteiger partial charge in [-0.2, -0.15) is 0 Å². The quantitative estimate of drug-likeness (QED) is 0.330. The molecule has 150 valence electrons. The van der Waals surface area contributed by atoms with E-state index in [9.17, 15) is 10.2 Å². The van der Waals surface area contributed by atoms with E-state index in [-0.39, 0.29) is 11.5 Å². The maximum atomic E-state index is 9.77. The van der Waals surface area contributed by atoms with E-state index in [0.29, 0.717) is 35.8 Å². The first-order valence-electron chi connectivity index (χ1n) is 9.49. The maximum Gasteiger partial charge on any atom is 0.124 e. The fraction of sp³-hybridized carbons (Fsp3) is 0.364. The van der Waals surface area contributed by atoms with Crippen molar-refractivity contribution in [1.29, 1.82) is 0 Å². The highest BCUT2D eigenvalue weighted by atomic mass is 16.6. The van der Waals surface area contributed by atoms with Crippen LogP contribution in [0.15, 0.2) is 58.8 Å². The molecule has 6 heteroatoms. The SMILES string of the molecule is C/C(=N\OCCCCCCO/N=C(\C)c1ccccc1O)c1ccccc1O. The molecule has 2 aromatic carbocycles. The number of rotatable bonds is 11. The summed E-state index contributed by atoms with van der Waals surface area (Å²) in [5, 5.41) is 27.6. The molecule has 2 aromatic rings. The standard InChI is InChI=1S/C22H28N2O4/c1-17(19-11-5-7-13-21(19)25)23-27-15-9-3-4-10-16-28-24-18(2)20-12-6-8-14-22(20)26/h5-8,11-14,25-26H,3-4,9-10,15-16H2,1-2H3/b23-17+,24-18+. The number of phenolic OH excluding ortho intramolecular Hbond substituents is 2. The number of nitrogens with zero attached hydrogens (tertiary/aromatic N) is 2. The van der Waals surface area contributed by atoms with Crippen molar-refractivity contribution in [2.45, 2.75) is 39.5 Å². The van der Waals surface area contributed by atoms with Crippen molar-refractivity contribution in [2.24, 2.45) is 10.3 Å². The van der Waals surface area contributed by atoms with Crippen LogP contribution in [-0.4, -0.2) is 34.9 Å². The van der Waals surface area contributed by atoms with E-state index in [1.807, 2.05) is 26.0 Å². The van der Waals surface area contributed by atoms with Crippen LogP contribution in [-0.2, 0) is 9.68 Å². The van der Waals surface area contributed by atoms with E-state index in [0.717, 1.165) is 25.7 Å². The van der Waals surface area contributed by atoms with Crippen LogP contribution in [0, 0.1) is 0 Å². The monoisotopic (exact) mass is 384 g/mol. The molecule has 0 heterocycles. The normalized spacial score (nSPS) is 12.1. The Morgan fingerprint density at radius 3 is 1.46 bits per heavy atom. The van der Waals surface area contributed by atoms with E-state index in [2.05, 4.69) is 10.3 Å². The number of aromatic hydroxyl groups is 2. The van der Waals surface area contributed by atoms with E-state index in [1.165, 1.54) is 0 Å². The molecule has 0 aliphatic carbocycles. The second kappa shape index (κ2) is 11.6. The van der Waals surface area contributed by atoms with Gasteiger partial charge in [0.25, 0.3) is 0 Å². The predicted molar refractivity (Wildman–Crippen MR) is 111 cm³/mol. The molecule has 0 aliphatic rings. The van der Waals surface area contributed by atoms with Crippen molar-refractivity contribution >= 4 is 11.4 Å². The lowest BCUT2D eigenvalue weighted by atomic mass is 10.1. The zero-order chi connectivity index (χ0) is 20.2. The fourth-order valence-electron chi connectivity index (χ4n) is 2.63. The van der Waals surface area contributed by atoms with Gasteiger partial charge in [-0.25, -0.2) is 0 Å². The molecule has 0 aliphatic heterocycles. The Bertz CT molecular complexity index is 735. The molecular formula is C22H28N2O4. The summed E-state index contributed by atoms with van der Waals surface area (Å²) in [6.45, 7) is 4.70. The number of unbranched alkanes of at least 4 members (excludes halogenated alkanes) is 3. The Kier molecular flexibility index (Phi) is 8.85. The summed E-state index contributed by atoms with van der Waals surface area (Å²) in [5.74, 6) is 0.403. The summed E-state index contributed by atoms with van der Waals surface area (Å²) in [6.07, 6.45) is 3.82. The first-order chi connectivity index (χ1) is 13.6. The van der Waals surface area contributed by atoms with Crippen LogP contribution >= 0.6 is 0 Å². The molecular weight excluding hydrogens is 356 g/mol. The third-order valence-electron chi connectivity index (χ3n) is 4.21. The van der Waals surface area contributed by atoms with Crippen LogP contribution in [0.5, 0.6) is 11.5 Å². The Morgan fingerprint density at radius 2 is 1.07 bits per heavy atom. The smallest absolute Gasteiger partial charge is 0.124 e. The maximum absolute atomic E-state index is 9.77. The van der Waals surface area contributed by atoms with Gasteiger partial charge in [-0.3, -0.25) is 0 Å². The highest BCUT2D eigenvalue weighted by molar-refractivity contribution is 6.01. The van der Waals surface area contributed by atoms with Gasteiger partial charge in [0.1, 0.15) is 24.7 Å². The molecule has 6 nitrogen and oxygen atoms in total. The van der Waals surface area contributed by atoms with E-state index < -0.39 is 0 Å². The predicted octanol–water partition coefficient (Wildman–Crippen LogP) is 4.84. The average Bonchev–Trinajstić information content (AvgIpc) is 2.69. The molecule has 2 rings (SSSR count). The molecule has 0 unspecified atom stereocenters. The van der Waals surface area contributed by atoms with Crippen LogP contribution < -0.4 is 0 Å². The molecule has 0 saturated heterocycles. The molecule has 0 aromatic heterocycles. The Labute approximate surface area is 166 Å². The highest BCUT2D eigenvalue weighted by Gasteiger charge is 2.04. The zero-order valence-corrected chi connectivity index (χ0v) is 16.5. The van der Waals surface area contributed by atoms with Crippen molar-refractivity contribution in [3.8, 4) is 11.5 Å². The minimum atomic E-state index is 0.202. The molecule has 28 heavy (non-hydrogen) atoms. The van der Waals surface area contributed by atoms with Gasteiger partial charge < -0.3 is 19.9 Å². The minimum absolute atomic E-state index is 0.202. The summed E-state index contributed by atoms with van der Waals surface area (Å²) < 4.78 is 0. The summed E-state index contributed by atoms with van der Waals surface area (Å²) in [5.41, 5.74) is 2.67. The lowest BCUT2D eigenvalue weighted by Crippen LogP contribution is -1.99. The molecule has 0 amide bonds. The number of benzene rings is 2. The molecule has 0 atom stereocenters. The Morgan fingerprint density at radius 1 is 0.679 bits per heavy atom. The van der Waals surface area contributed by atoms with Gasteiger partial charge >= 0.3 is 0 Å². The molecule has 2 N–H and O–H groups in total. The van der Waals surface area contributed by atoms with E-state index >= 15 is 0 Å². The number of para-hydroxylation sites is 2. The third kappa shape index (κ3) is 6.95. The van der Waals surface area contributed by atoms with Crippen molar-refractivity contribution in [3.63, 3.8) is 0 Å². The van der Waals surface area contributed by atoms with Crippen molar-refractivity contribution in [3.05, 3.63) is 59.7 Å². The van der Waals surface area contributed by atoms with Gasteiger partial charge in [0.15, 0.2) is 0 Å². The highest BCUT2D eigenvalue weighted by Crippen LogP contribution is 2.17. The van der Waals surface area contributed by atoms with Gasteiger partial charge in [-0.1, -0.05) is 34.6 Å². The first-order valence-corrected chi connectivity index (χ1v) is 9.49. The first kappa shape index (κ1) is 21.3. The Balaban J connectivity index is 1.55. The summed E-state index contributed by atoms with van der Waals surface area (Å²) in [4.78, 5) is 10.6. The van der Waals surface area contributed by atoms with E-state index in [4.69, 9.17) is 9.68 Å². The van der Waals surface area contributed by atoms with Gasteiger partial charge in [0, 0.05) is 11.1 Å². The summed E-state index contributed by atoms with van der Waals surface area (Å²) >= 11 is 0. The molecule has 0 spiro atoms. The lowest BCUT2D eigenvalue weighted by molar-refractivity contribution is 0.130. The largest absolute Gasteiger partial charge is 0.507 e. The number of hydrogen-bond donors (Lipinski definition) is 2. The van der Waals surface area contributed by atoms with Gasteiger partial charge in [0.2, 0.25) is 0 Å². The van der Waals surface area contributed by atoms with Crippen molar-refractivity contribution in [2.75, 3.05) is 13.2 Å². The van der Waals surface area contributed by atoms with Crippen LogP contribution in [0.1, 0.15) is 50.7 Å². The van der Waals surface area contributed by atoms with Crippen LogP contribution in [0.3, 0.4) is 0 Å². The third-order valence-corrected chi connectivity index (χ3v) is 4.21. The summed E-state index contributed by atoms with van der Waals surface area (Å²) in [6, 6.07) is 14.1. The number of phenols is 2. The fourth-order valence-corrected chi connectivity index (χ4v) is 2.63. The van der Waals surface area contributed by atoms with Gasteiger partial charge in [-0.05, 0) is 63.8 Å². The average molecular weight is 384 g/mol. The van der Waals surface area contributed by atoms with Gasteiger partial charge in [0.05, 0.1) is 11.4 Å². The summed E-state index contributed by atoms with van der Waals surface area (Å²) in [7, 11) is 0. The van der Waals surface area contributed by atoms with Gasteiger partial charge in [-0.15, -0.1) is 0 Å². The second-order valence-electron chi connectivity index (χ2n) is 6.47. The lowest BCUT2D eigenvalue weighted by Gasteiger charge is -2.05. The molecule has 0 saturated carbocycles.